The summed E-state index contributed by atoms with van der Waals surface area (Å²) in [6.07, 6.45) is -0.352. The Kier molecular flexibility index (Phi) is 5.92. The highest BCUT2D eigenvalue weighted by molar-refractivity contribution is 6.33. The molecule has 0 saturated carbocycles. The van der Waals surface area contributed by atoms with Crippen molar-refractivity contribution in [1.29, 1.82) is 0 Å². The van der Waals surface area contributed by atoms with Gasteiger partial charge in [0.1, 0.15) is 6.42 Å². The van der Waals surface area contributed by atoms with Crippen LogP contribution in [-0.4, -0.2) is 17.7 Å². The average molecular weight is 346 g/mol. The van der Waals surface area contributed by atoms with Crippen LogP contribution in [0.25, 0.3) is 0 Å². The first-order valence-corrected chi connectivity index (χ1v) is 7.54. The first-order chi connectivity index (χ1) is 11.4. The van der Waals surface area contributed by atoms with Gasteiger partial charge in [0.2, 0.25) is 17.7 Å². The van der Waals surface area contributed by atoms with Crippen LogP contribution in [0.15, 0.2) is 48.5 Å². The van der Waals surface area contributed by atoms with E-state index in [1.807, 2.05) is 0 Å². The number of para-hydroxylation sites is 1. The van der Waals surface area contributed by atoms with Crippen molar-refractivity contribution >= 4 is 46.4 Å². The number of hydrogen-bond donors (Lipinski definition) is 3. The van der Waals surface area contributed by atoms with Crippen molar-refractivity contribution in [2.45, 2.75) is 13.3 Å². The van der Waals surface area contributed by atoms with Crippen molar-refractivity contribution in [3.8, 4) is 0 Å². The molecule has 0 aliphatic heterocycles. The molecule has 0 bridgehead atoms. The zero-order valence-electron chi connectivity index (χ0n) is 12.9. The molecule has 124 valence electrons. The molecule has 0 aromatic heterocycles. The molecule has 3 amide bonds. The number of amides is 3. The molecule has 0 atom stereocenters. The number of benzene rings is 2. The quantitative estimate of drug-likeness (QED) is 0.727. The van der Waals surface area contributed by atoms with E-state index in [1.165, 1.54) is 6.92 Å². The van der Waals surface area contributed by atoms with Gasteiger partial charge in [0, 0.05) is 18.3 Å². The van der Waals surface area contributed by atoms with E-state index in [9.17, 15) is 14.4 Å². The molecule has 2 aromatic rings. The number of carbonyl (C=O) groups excluding carboxylic acids is 3. The zero-order valence-corrected chi connectivity index (χ0v) is 13.7. The van der Waals surface area contributed by atoms with E-state index in [0.717, 1.165) is 0 Å². The van der Waals surface area contributed by atoms with Crippen LogP contribution in [0.3, 0.4) is 0 Å². The molecule has 2 rings (SSSR count). The fraction of sp³-hybridized carbons (Fsp3) is 0.118. The second kappa shape index (κ2) is 8.12. The molecule has 0 heterocycles. The van der Waals surface area contributed by atoms with Crippen LogP contribution in [0.5, 0.6) is 0 Å². The Morgan fingerprint density at radius 2 is 1.50 bits per heavy atom. The standard InChI is InChI=1S/C17H16ClN3O3/c1-11(22)19-12-5-4-6-13(9-12)20-16(23)10-17(24)21-15-8-3-2-7-14(15)18/h2-9H,10H2,1H3,(H,19,22)(H,20,23)(H,21,24). The lowest BCUT2D eigenvalue weighted by Crippen LogP contribution is -2.21. The summed E-state index contributed by atoms with van der Waals surface area (Å²) in [5.41, 5.74) is 1.49. The van der Waals surface area contributed by atoms with Crippen LogP contribution in [0.1, 0.15) is 13.3 Å². The van der Waals surface area contributed by atoms with Gasteiger partial charge in [-0.1, -0.05) is 29.8 Å². The van der Waals surface area contributed by atoms with Crippen LogP contribution < -0.4 is 16.0 Å². The number of hydrogen-bond acceptors (Lipinski definition) is 3. The number of anilines is 3. The van der Waals surface area contributed by atoms with Crippen molar-refractivity contribution in [3.63, 3.8) is 0 Å². The minimum atomic E-state index is -0.474. The van der Waals surface area contributed by atoms with Crippen molar-refractivity contribution in [2.75, 3.05) is 16.0 Å². The minimum Gasteiger partial charge on any atom is -0.326 e. The molecule has 2 aromatic carbocycles. The second-order valence-electron chi connectivity index (χ2n) is 5.01. The molecule has 7 heteroatoms. The molecular formula is C17H16ClN3O3. The van der Waals surface area contributed by atoms with Crippen molar-refractivity contribution in [1.82, 2.24) is 0 Å². The Hall–Kier alpha value is -2.86. The van der Waals surface area contributed by atoms with Gasteiger partial charge in [-0.2, -0.15) is 0 Å². The lowest BCUT2D eigenvalue weighted by atomic mass is 10.2. The highest BCUT2D eigenvalue weighted by Crippen LogP contribution is 2.20. The van der Waals surface area contributed by atoms with E-state index >= 15 is 0 Å². The smallest absolute Gasteiger partial charge is 0.233 e. The molecule has 0 aliphatic rings. The average Bonchev–Trinajstić information content (AvgIpc) is 2.49. The third kappa shape index (κ3) is 5.40. The Morgan fingerprint density at radius 3 is 2.17 bits per heavy atom. The van der Waals surface area contributed by atoms with Gasteiger partial charge in [0.05, 0.1) is 10.7 Å². The fourth-order valence-corrected chi connectivity index (χ4v) is 2.17. The molecular weight excluding hydrogens is 330 g/mol. The Balaban J connectivity index is 1.92. The van der Waals surface area contributed by atoms with Gasteiger partial charge in [0.25, 0.3) is 0 Å². The minimum absolute atomic E-state index is 0.211. The largest absolute Gasteiger partial charge is 0.326 e. The number of rotatable bonds is 5. The monoisotopic (exact) mass is 345 g/mol. The van der Waals surface area contributed by atoms with Crippen molar-refractivity contribution in [2.24, 2.45) is 0 Å². The van der Waals surface area contributed by atoms with E-state index in [0.29, 0.717) is 22.1 Å². The van der Waals surface area contributed by atoms with Gasteiger partial charge >= 0.3 is 0 Å². The summed E-state index contributed by atoms with van der Waals surface area (Å²) >= 11 is 5.94. The lowest BCUT2D eigenvalue weighted by Gasteiger charge is -2.09. The van der Waals surface area contributed by atoms with Gasteiger partial charge in [-0.15, -0.1) is 0 Å². The van der Waals surface area contributed by atoms with Gasteiger partial charge in [-0.3, -0.25) is 14.4 Å². The van der Waals surface area contributed by atoms with E-state index < -0.39 is 11.8 Å². The molecule has 24 heavy (non-hydrogen) atoms. The molecule has 0 saturated heterocycles. The van der Waals surface area contributed by atoms with Gasteiger partial charge in [-0.25, -0.2) is 0 Å². The molecule has 0 unspecified atom stereocenters. The van der Waals surface area contributed by atoms with E-state index in [-0.39, 0.29) is 12.3 Å². The third-order valence-corrected chi connectivity index (χ3v) is 3.27. The Labute approximate surface area is 144 Å². The van der Waals surface area contributed by atoms with Gasteiger partial charge < -0.3 is 16.0 Å². The predicted octanol–water partition coefficient (Wildman–Crippen LogP) is 3.27. The van der Waals surface area contributed by atoms with Gasteiger partial charge in [-0.05, 0) is 30.3 Å². The topological polar surface area (TPSA) is 87.3 Å². The third-order valence-electron chi connectivity index (χ3n) is 2.94. The van der Waals surface area contributed by atoms with Crippen LogP contribution in [0.2, 0.25) is 5.02 Å². The van der Waals surface area contributed by atoms with Crippen LogP contribution in [-0.2, 0) is 14.4 Å². The first kappa shape index (κ1) is 17.5. The number of nitrogens with one attached hydrogen (secondary N) is 3. The van der Waals surface area contributed by atoms with Crippen LogP contribution >= 0.6 is 11.6 Å². The zero-order chi connectivity index (χ0) is 17.5. The maximum Gasteiger partial charge on any atom is 0.233 e. The van der Waals surface area contributed by atoms with Crippen molar-refractivity contribution < 1.29 is 14.4 Å². The summed E-state index contributed by atoms with van der Waals surface area (Å²) in [5, 5.41) is 8.19. The normalized spacial score (nSPS) is 9.92. The SMILES string of the molecule is CC(=O)Nc1cccc(NC(=O)CC(=O)Nc2ccccc2Cl)c1. The van der Waals surface area contributed by atoms with Crippen molar-refractivity contribution in [3.05, 3.63) is 53.6 Å². The summed E-state index contributed by atoms with van der Waals surface area (Å²) in [7, 11) is 0. The molecule has 0 fully saturated rings. The number of carbonyl (C=O) groups is 3. The molecule has 0 spiro atoms. The predicted molar refractivity (Wildman–Crippen MR) is 94.1 cm³/mol. The highest BCUT2D eigenvalue weighted by Gasteiger charge is 2.11. The maximum absolute atomic E-state index is 11.9. The maximum atomic E-state index is 11.9. The highest BCUT2D eigenvalue weighted by atomic mass is 35.5. The fourth-order valence-electron chi connectivity index (χ4n) is 1.99. The van der Waals surface area contributed by atoms with Crippen LogP contribution in [0, 0.1) is 0 Å². The van der Waals surface area contributed by atoms with Crippen LogP contribution in [0.4, 0.5) is 17.1 Å². The molecule has 6 nitrogen and oxygen atoms in total. The van der Waals surface area contributed by atoms with E-state index in [4.69, 9.17) is 11.6 Å². The van der Waals surface area contributed by atoms with Gasteiger partial charge in [0.15, 0.2) is 0 Å². The Morgan fingerprint density at radius 1 is 0.875 bits per heavy atom. The lowest BCUT2D eigenvalue weighted by molar-refractivity contribution is -0.123. The summed E-state index contributed by atoms with van der Waals surface area (Å²) in [6.45, 7) is 1.39. The summed E-state index contributed by atoms with van der Waals surface area (Å²) in [4.78, 5) is 34.9. The summed E-state index contributed by atoms with van der Waals surface area (Å²) in [6, 6.07) is 13.4. The van der Waals surface area contributed by atoms with E-state index in [1.54, 1.807) is 48.5 Å². The van der Waals surface area contributed by atoms with E-state index in [2.05, 4.69) is 16.0 Å². The first-order valence-electron chi connectivity index (χ1n) is 7.16. The second-order valence-corrected chi connectivity index (χ2v) is 5.42. The number of halogens is 1. The Bertz CT molecular complexity index is 777. The summed E-state index contributed by atoms with van der Waals surface area (Å²) < 4.78 is 0. The summed E-state index contributed by atoms with van der Waals surface area (Å²) in [5.74, 6) is -1.16. The molecule has 0 aliphatic carbocycles. The molecule has 3 N–H and O–H groups in total. The molecule has 0 radical (unpaired) electrons.